The van der Waals surface area contributed by atoms with Crippen molar-refractivity contribution in [2.75, 3.05) is 11.4 Å². The van der Waals surface area contributed by atoms with E-state index < -0.39 is 21.7 Å². The van der Waals surface area contributed by atoms with E-state index in [0.717, 1.165) is 28.6 Å². The molecule has 0 N–H and O–H groups in total. The molecule has 3 rings (SSSR count). The molecule has 0 radical (unpaired) electrons. The summed E-state index contributed by atoms with van der Waals surface area (Å²) in [6, 6.07) is 15.2. The molecule has 0 atom stereocenters. The number of nitrogens with zero attached hydrogens (tertiary/aromatic N) is 1. The highest BCUT2D eigenvalue weighted by molar-refractivity contribution is 7.92. The van der Waals surface area contributed by atoms with E-state index in [1.165, 1.54) is 25.3 Å². The van der Waals surface area contributed by atoms with Gasteiger partial charge in [0.15, 0.2) is 0 Å². The zero-order chi connectivity index (χ0) is 20.3. The Kier molecular flexibility index (Phi) is 5.86. The third-order valence-electron chi connectivity index (χ3n) is 4.08. The number of para-hydroxylation sites is 1. The van der Waals surface area contributed by atoms with Gasteiger partial charge in [0.05, 0.1) is 29.3 Å². The Morgan fingerprint density at radius 2 is 1.75 bits per heavy atom. The second-order valence-electron chi connectivity index (χ2n) is 5.88. The first kappa shape index (κ1) is 20.1. The highest BCUT2D eigenvalue weighted by Gasteiger charge is 2.27. The molecular weight excluding hydrogens is 408 g/mol. The second kappa shape index (κ2) is 8.16. The Morgan fingerprint density at radius 3 is 2.43 bits per heavy atom. The lowest BCUT2D eigenvalue weighted by Crippen LogP contribution is -2.31. The van der Waals surface area contributed by atoms with Gasteiger partial charge in [0.1, 0.15) is 17.4 Å². The standard InChI is InChI=1S/C20H16ClF2NO3S/c1-27-20-8-3-2-5-14(20)13-24(16-7-4-6-15(22)11-16)28(25,26)17-9-10-19(23)18(21)12-17/h2-12H,13H2,1H3. The summed E-state index contributed by atoms with van der Waals surface area (Å²) in [4.78, 5) is -0.210. The van der Waals surface area contributed by atoms with Crippen molar-refractivity contribution in [3.8, 4) is 5.75 Å². The smallest absolute Gasteiger partial charge is 0.264 e. The van der Waals surface area contributed by atoms with Gasteiger partial charge in [-0.1, -0.05) is 35.9 Å². The summed E-state index contributed by atoms with van der Waals surface area (Å²) in [7, 11) is -2.70. The van der Waals surface area contributed by atoms with E-state index in [4.69, 9.17) is 16.3 Å². The van der Waals surface area contributed by atoms with Gasteiger partial charge in [-0.05, 0) is 42.5 Å². The molecular formula is C20H16ClF2NO3S. The maximum absolute atomic E-state index is 13.8. The van der Waals surface area contributed by atoms with E-state index in [1.54, 1.807) is 24.3 Å². The van der Waals surface area contributed by atoms with E-state index in [-0.39, 0.29) is 22.2 Å². The molecule has 3 aromatic carbocycles. The lowest BCUT2D eigenvalue weighted by molar-refractivity contribution is 0.410. The fourth-order valence-corrected chi connectivity index (χ4v) is 4.41. The average molecular weight is 424 g/mol. The molecule has 0 spiro atoms. The Hall–Kier alpha value is -2.64. The van der Waals surface area contributed by atoms with Gasteiger partial charge in [0, 0.05) is 5.56 Å². The third kappa shape index (κ3) is 4.10. The topological polar surface area (TPSA) is 46.6 Å². The highest BCUT2D eigenvalue weighted by Crippen LogP contribution is 2.30. The van der Waals surface area contributed by atoms with Crippen LogP contribution in [0.4, 0.5) is 14.5 Å². The minimum absolute atomic E-state index is 0.117. The monoisotopic (exact) mass is 423 g/mol. The lowest BCUT2D eigenvalue weighted by Gasteiger charge is -2.25. The van der Waals surface area contributed by atoms with Gasteiger partial charge in [0.2, 0.25) is 0 Å². The summed E-state index contributed by atoms with van der Waals surface area (Å²) in [5.41, 5.74) is 0.692. The van der Waals surface area contributed by atoms with Crippen LogP contribution in [0.5, 0.6) is 5.75 Å². The van der Waals surface area contributed by atoms with Crippen molar-refractivity contribution < 1.29 is 21.9 Å². The highest BCUT2D eigenvalue weighted by atomic mass is 35.5. The number of rotatable bonds is 6. The van der Waals surface area contributed by atoms with Crippen LogP contribution < -0.4 is 9.04 Å². The first-order valence-electron chi connectivity index (χ1n) is 8.18. The lowest BCUT2D eigenvalue weighted by atomic mass is 10.2. The molecule has 0 bridgehead atoms. The van der Waals surface area contributed by atoms with Crippen molar-refractivity contribution in [2.24, 2.45) is 0 Å². The molecule has 0 aromatic heterocycles. The van der Waals surface area contributed by atoms with E-state index in [0.29, 0.717) is 11.3 Å². The molecule has 0 amide bonds. The Balaban J connectivity index is 2.14. The van der Waals surface area contributed by atoms with Gasteiger partial charge < -0.3 is 4.74 Å². The van der Waals surface area contributed by atoms with E-state index in [2.05, 4.69) is 0 Å². The number of benzene rings is 3. The summed E-state index contributed by atoms with van der Waals surface area (Å²) in [5, 5.41) is -0.322. The van der Waals surface area contributed by atoms with Gasteiger partial charge in [-0.3, -0.25) is 4.31 Å². The third-order valence-corrected chi connectivity index (χ3v) is 6.14. The molecule has 0 saturated carbocycles. The molecule has 146 valence electrons. The van der Waals surface area contributed by atoms with Gasteiger partial charge >= 0.3 is 0 Å². The summed E-state index contributed by atoms with van der Waals surface area (Å²) in [6.07, 6.45) is 0. The molecule has 0 aliphatic heterocycles. The quantitative estimate of drug-likeness (QED) is 0.559. The van der Waals surface area contributed by atoms with E-state index in [9.17, 15) is 17.2 Å². The van der Waals surface area contributed by atoms with Crippen LogP contribution in [0.15, 0.2) is 71.6 Å². The van der Waals surface area contributed by atoms with Crippen LogP contribution in [0.2, 0.25) is 5.02 Å². The predicted molar refractivity (Wildman–Crippen MR) is 104 cm³/mol. The SMILES string of the molecule is COc1ccccc1CN(c1cccc(F)c1)S(=O)(=O)c1ccc(F)c(Cl)c1. The molecule has 0 heterocycles. The van der Waals surface area contributed by atoms with Crippen LogP contribution in [-0.2, 0) is 16.6 Å². The van der Waals surface area contributed by atoms with Crippen LogP contribution in [0, 0.1) is 11.6 Å². The zero-order valence-corrected chi connectivity index (χ0v) is 16.3. The molecule has 0 aliphatic carbocycles. The fourth-order valence-electron chi connectivity index (χ4n) is 2.70. The van der Waals surface area contributed by atoms with Crippen molar-refractivity contribution in [2.45, 2.75) is 11.4 Å². The molecule has 0 aliphatic rings. The average Bonchev–Trinajstić information content (AvgIpc) is 2.68. The molecule has 0 fully saturated rings. The minimum atomic E-state index is -4.17. The van der Waals surface area contributed by atoms with Gasteiger partial charge in [-0.25, -0.2) is 17.2 Å². The summed E-state index contributed by atoms with van der Waals surface area (Å²) in [6.45, 7) is -0.120. The zero-order valence-electron chi connectivity index (χ0n) is 14.8. The van der Waals surface area contributed by atoms with Crippen LogP contribution >= 0.6 is 11.6 Å². The van der Waals surface area contributed by atoms with Gasteiger partial charge in [-0.15, -0.1) is 0 Å². The Bertz CT molecular complexity index is 1110. The largest absolute Gasteiger partial charge is 0.496 e. The Labute approximate surface area is 167 Å². The van der Waals surface area contributed by atoms with E-state index in [1.807, 2.05) is 0 Å². The maximum Gasteiger partial charge on any atom is 0.264 e. The molecule has 28 heavy (non-hydrogen) atoms. The number of hydrogen-bond donors (Lipinski definition) is 0. The number of hydrogen-bond acceptors (Lipinski definition) is 3. The number of anilines is 1. The summed E-state index contributed by atoms with van der Waals surface area (Å²) in [5.74, 6) is -0.839. The van der Waals surface area contributed by atoms with Crippen molar-refractivity contribution >= 4 is 27.3 Å². The summed E-state index contributed by atoms with van der Waals surface area (Å²) >= 11 is 5.77. The normalized spacial score (nSPS) is 11.3. The Morgan fingerprint density at radius 1 is 1.00 bits per heavy atom. The van der Waals surface area contributed by atoms with Gasteiger partial charge in [0.25, 0.3) is 10.0 Å². The number of halogens is 3. The predicted octanol–water partition coefficient (Wildman–Crippen LogP) is 5.02. The molecule has 0 unspecified atom stereocenters. The number of ether oxygens (including phenoxy) is 1. The van der Waals surface area contributed by atoms with Crippen LogP contribution in [0.1, 0.15) is 5.56 Å². The number of sulfonamides is 1. The van der Waals surface area contributed by atoms with E-state index >= 15 is 0 Å². The van der Waals surface area contributed by atoms with Crippen LogP contribution in [-0.4, -0.2) is 15.5 Å². The first-order valence-corrected chi connectivity index (χ1v) is 10.00. The fraction of sp³-hybridized carbons (Fsp3) is 0.100. The van der Waals surface area contributed by atoms with Crippen molar-refractivity contribution in [1.29, 1.82) is 0 Å². The van der Waals surface area contributed by atoms with Crippen molar-refractivity contribution in [3.63, 3.8) is 0 Å². The molecule has 8 heteroatoms. The number of methoxy groups -OCH3 is 1. The molecule has 3 aromatic rings. The van der Waals surface area contributed by atoms with Gasteiger partial charge in [-0.2, -0.15) is 0 Å². The van der Waals surface area contributed by atoms with Crippen LogP contribution in [0.25, 0.3) is 0 Å². The maximum atomic E-state index is 13.8. The summed E-state index contributed by atoms with van der Waals surface area (Å²) < 4.78 is 60.2. The second-order valence-corrected chi connectivity index (χ2v) is 8.15. The molecule has 4 nitrogen and oxygen atoms in total. The molecule has 0 saturated heterocycles. The van der Waals surface area contributed by atoms with Crippen LogP contribution in [0.3, 0.4) is 0 Å². The first-order chi connectivity index (χ1) is 13.3. The minimum Gasteiger partial charge on any atom is -0.496 e. The van der Waals surface area contributed by atoms with Crippen molar-refractivity contribution in [3.05, 3.63) is 89.0 Å². The van der Waals surface area contributed by atoms with Crippen molar-refractivity contribution in [1.82, 2.24) is 0 Å².